The Morgan fingerprint density at radius 2 is 1.94 bits per heavy atom. The van der Waals surface area contributed by atoms with Crippen molar-refractivity contribution in [1.82, 2.24) is 5.32 Å². The molecule has 2 nitrogen and oxygen atoms in total. The third-order valence-corrected chi connectivity index (χ3v) is 3.40. The maximum absolute atomic E-state index is 5.29. The summed E-state index contributed by atoms with van der Waals surface area (Å²) in [6, 6.07) is 10.5. The summed E-state index contributed by atoms with van der Waals surface area (Å²) in [7, 11) is 0. The largest absolute Gasteiger partial charge is 0.382 e. The molecule has 17 heavy (non-hydrogen) atoms. The molecule has 0 radical (unpaired) electrons. The van der Waals surface area contributed by atoms with Gasteiger partial charge in [0.15, 0.2) is 0 Å². The fraction of sp³-hybridized carbons (Fsp3) is 0.571. The van der Waals surface area contributed by atoms with Crippen LogP contribution in [0.5, 0.6) is 0 Å². The van der Waals surface area contributed by atoms with Crippen molar-refractivity contribution >= 4 is 11.8 Å². The van der Waals surface area contributed by atoms with Gasteiger partial charge in [0.05, 0.1) is 0 Å². The molecule has 0 unspecified atom stereocenters. The lowest BCUT2D eigenvalue weighted by Crippen LogP contribution is -2.18. The number of unbranched alkanes of at least 4 members (excludes halogenated alkanes) is 1. The van der Waals surface area contributed by atoms with E-state index in [1.54, 1.807) is 0 Å². The molecule has 0 aliphatic rings. The maximum atomic E-state index is 5.29. The highest BCUT2D eigenvalue weighted by molar-refractivity contribution is 7.99. The van der Waals surface area contributed by atoms with E-state index in [1.165, 1.54) is 11.3 Å². The summed E-state index contributed by atoms with van der Waals surface area (Å²) < 4.78 is 5.29. The predicted molar refractivity (Wildman–Crippen MR) is 75.8 cm³/mol. The smallest absolute Gasteiger partial charge is 0.0466 e. The summed E-state index contributed by atoms with van der Waals surface area (Å²) in [5.74, 6) is 1.13. The molecule has 0 atom stereocenters. The van der Waals surface area contributed by atoms with Gasteiger partial charge in [-0.05, 0) is 38.4 Å². The van der Waals surface area contributed by atoms with Crippen molar-refractivity contribution in [3.05, 3.63) is 30.3 Å². The lowest BCUT2D eigenvalue weighted by atomic mass is 10.3. The van der Waals surface area contributed by atoms with Gasteiger partial charge in [-0.15, -0.1) is 11.8 Å². The van der Waals surface area contributed by atoms with Gasteiger partial charge in [-0.1, -0.05) is 18.2 Å². The van der Waals surface area contributed by atoms with Crippen LogP contribution in [0.3, 0.4) is 0 Å². The Labute approximate surface area is 109 Å². The Morgan fingerprint density at radius 3 is 2.71 bits per heavy atom. The number of hydrogen-bond donors (Lipinski definition) is 1. The van der Waals surface area contributed by atoms with E-state index in [2.05, 4.69) is 35.6 Å². The molecule has 0 aromatic heterocycles. The van der Waals surface area contributed by atoms with E-state index >= 15 is 0 Å². The standard InChI is InChI=1S/C14H23NOS/c1-2-16-12-7-6-10-15-11-13-17-14-8-4-3-5-9-14/h3-5,8-9,15H,2,6-7,10-13H2,1H3. The average Bonchev–Trinajstić information content (AvgIpc) is 2.38. The summed E-state index contributed by atoms with van der Waals surface area (Å²) in [6.07, 6.45) is 2.36. The van der Waals surface area contributed by atoms with Crippen LogP contribution in [0.15, 0.2) is 35.2 Å². The third-order valence-electron chi connectivity index (χ3n) is 2.39. The van der Waals surface area contributed by atoms with Gasteiger partial charge in [0.2, 0.25) is 0 Å². The third kappa shape index (κ3) is 8.25. The molecule has 0 spiro atoms. The van der Waals surface area contributed by atoms with Crippen molar-refractivity contribution in [1.29, 1.82) is 0 Å². The Balaban J connectivity index is 1.85. The molecule has 0 heterocycles. The van der Waals surface area contributed by atoms with Crippen LogP contribution in [0.4, 0.5) is 0 Å². The molecule has 0 amide bonds. The van der Waals surface area contributed by atoms with Crippen LogP contribution in [0.1, 0.15) is 19.8 Å². The van der Waals surface area contributed by atoms with Crippen LogP contribution in [-0.4, -0.2) is 32.1 Å². The second-order valence-corrected chi connectivity index (χ2v) is 4.98. The molecule has 96 valence electrons. The lowest BCUT2D eigenvalue weighted by Gasteiger charge is -2.05. The van der Waals surface area contributed by atoms with Gasteiger partial charge in [0.25, 0.3) is 0 Å². The Morgan fingerprint density at radius 1 is 1.12 bits per heavy atom. The van der Waals surface area contributed by atoms with E-state index in [9.17, 15) is 0 Å². The second-order valence-electron chi connectivity index (χ2n) is 3.82. The summed E-state index contributed by atoms with van der Waals surface area (Å²) in [6.45, 7) is 5.95. The molecular formula is C14H23NOS. The maximum Gasteiger partial charge on any atom is 0.0466 e. The van der Waals surface area contributed by atoms with Crippen molar-refractivity contribution in [2.24, 2.45) is 0 Å². The number of nitrogens with one attached hydrogen (secondary N) is 1. The van der Waals surface area contributed by atoms with Gasteiger partial charge in [-0.3, -0.25) is 0 Å². The minimum atomic E-state index is 0.834. The fourth-order valence-corrected chi connectivity index (χ4v) is 2.31. The van der Waals surface area contributed by atoms with E-state index in [4.69, 9.17) is 4.74 Å². The first-order valence-electron chi connectivity index (χ1n) is 6.40. The van der Waals surface area contributed by atoms with Crippen molar-refractivity contribution in [3.8, 4) is 0 Å². The van der Waals surface area contributed by atoms with Crippen molar-refractivity contribution in [2.45, 2.75) is 24.7 Å². The molecule has 1 aromatic rings. The van der Waals surface area contributed by atoms with Gasteiger partial charge < -0.3 is 10.1 Å². The van der Waals surface area contributed by atoms with E-state index < -0.39 is 0 Å². The van der Waals surface area contributed by atoms with Gasteiger partial charge in [-0.25, -0.2) is 0 Å². The SMILES string of the molecule is CCOCCCCNCCSc1ccccc1. The zero-order valence-electron chi connectivity index (χ0n) is 10.7. The number of rotatable bonds is 10. The zero-order valence-corrected chi connectivity index (χ0v) is 11.5. The summed E-state index contributed by atoms with van der Waals surface area (Å²) in [5, 5.41) is 3.46. The van der Waals surface area contributed by atoms with Gasteiger partial charge >= 0.3 is 0 Å². The predicted octanol–water partition coefficient (Wildman–Crippen LogP) is 3.19. The zero-order chi connectivity index (χ0) is 12.2. The van der Waals surface area contributed by atoms with Crippen molar-refractivity contribution in [3.63, 3.8) is 0 Å². The number of benzene rings is 1. The molecule has 1 N–H and O–H groups in total. The molecule has 0 fully saturated rings. The van der Waals surface area contributed by atoms with Gasteiger partial charge in [-0.2, -0.15) is 0 Å². The fourth-order valence-electron chi connectivity index (χ4n) is 1.48. The molecule has 0 aliphatic heterocycles. The topological polar surface area (TPSA) is 21.3 Å². The molecular weight excluding hydrogens is 230 g/mol. The minimum Gasteiger partial charge on any atom is -0.382 e. The van der Waals surface area contributed by atoms with Gasteiger partial charge in [0.1, 0.15) is 0 Å². The van der Waals surface area contributed by atoms with Crippen LogP contribution >= 0.6 is 11.8 Å². The van der Waals surface area contributed by atoms with Crippen LogP contribution in [0.25, 0.3) is 0 Å². The van der Waals surface area contributed by atoms with E-state index in [0.717, 1.165) is 38.5 Å². The quantitative estimate of drug-likeness (QED) is 0.511. The van der Waals surface area contributed by atoms with E-state index in [1.807, 2.05) is 18.7 Å². The Kier molecular flexibility index (Phi) is 9.10. The summed E-state index contributed by atoms with van der Waals surface area (Å²) in [4.78, 5) is 1.35. The molecule has 0 saturated heterocycles. The van der Waals surface area contributed by atoms with Crippen LogP contribution in [0.2, 0.25) is 0 Å². The molecule has 1 aromatic carbocycles. The highest BCUT2D eigenvalue weighted by Crippen LogP contribution is 2.15. The van der Waals surface area contributed by atoms with Crippen LogP contribution in [-0.2, 0) is 4.74 Å². The average molecular weight is 253 g/mol. The first kappa shape index (κ1) is 14.6. The lowest BCUT2D eigenvalue weighted by molar-refractivity contribution is 0.143. The number of thioether (sulfide) groups is 1. The highest BCUT2D eigenvalue weighted by Gasteiger charge is 1.92. The Hall–Kier alpha value is -0.510. The molecule has 0 aliphatic carbocycles. The van der Waals surface area contributed by atoms with Gasteiger partial charge in [0, 0.05) is 30.4 Å². The monoisotopic (exact) mass is 253 g/mol. The minimum absolute atomic E-state index is 0.834. The Bertz CT molecular complexity index is 266. The highest BCUT2D eigenvalue weighted by atomic mass is 32.2. The first-order chi connectivity index (χ1) is 8.43. The number of ether oxygens (including phenoxy) is 1. The van der Waals surface area contributed by atoms with Crippen molar-refractivity contribution < 1.29 is 4.74 Å². The van der Waals surface area contributed by atoms with Crippen molar-refractivity contribution in [2.75, 3.05) is 32.1 Å². The second kappa shape index (κ2) is 10.6. The van der Waals surface area contributed by atoms with Crippen LogP contribution in [0, 0.1) is 0 Å². The molecule has 0 bridgehead atoms. The molecule has 0 saturated carbocycles. The van der Waals surface area contributed by atoms with E-state index in [0.29, 0.717) is 0 Å². The van der Waals surface area contributed by atoms with E-state index in [-0.39, 0.29) is 0 Å². The molecule has 3 heteroatoms. The summed E-state index contributed by atoms with van der Waals surface area (Å²) in [5.41, 5.74) is 0. The van der Waals surface area contributed by atoms with Crippen LogP contribution < -0.4 is 5.32 Å². The normalized spacial score (nSPS) is 10.6. The summed E-state index contributed by atoms with van der Waals surface area (Å²) >= 11 is 1.91. The molecule has 1 rings (SSSR count). The number of hydrogen-bond acceptors (Lipinski definition) is 3. The first-order valence-corrected chi connectivity index (χ1v) is 7.38.